The van der Waals surface area contributed by atoms with Crippen LogP contribution in [0.1, 0.15) is 78.1 Å². The van der Waals surface area contributed by atoms with Gasteiger partial charge in [-0.2, -0.15) is 0 Å². The first-order chi connectivity index (χ1) is 17.4. The van der Waals surface area contributed by atoms with Crippen LogP contribution in [0.2, 0.25) is 0 Å². The van der Waals surface area contributed by atoms with Crippen LogP contribution in [0, 0.1) is 0 Å². The van der Waals surface area contributed by atoms with Crippen molar-refractivity contribution >= 4 is 13.8 Å². The van der Waals surface area contributed by atoms with Crippen molar-refractivity contribution in [3.63, 3.8) is 0 Å². The summed E-state index contributed by atoms with van der Waals surface area (Å²) in [5, 5.41) is 0. The molecule has 0 amide bonds. The van der Waals surface area contributed by atoms with E-state index in [0.717, 1.165) is 57.8 Å². The number of esters is 1. The molecule has 0 radical (unpaired) electrons. The van der Waals surface area contributed by atoms with E-state index < -0.39 is 13.9 Å². The topological polar surface area (TPSA) is 117 Å². The molecule has 0 aromatic heterocycles. The Balaban J connectivity index is 4.19. The van der Waals surface area contributed by atoms with E-state index in [4.69, 9.17) is 24.3 Å². The molecule has 0 aliphatic carbocycles. The lowest BCUT2D eigenvalue weighted by Gasteiger charge is -2.20. The first kappa shape index (κ1) is 34.5. The van der Waals surface area contributed by atoms with Crippen molar-refractivity contribution in [2.24, 2.45) is 5.73 Å². The highest BCUT2D eigenvalue weighted by Gasteiger charge is 2.25. The standard InChI is InChI=1S/C27H48NO7P/c1-3-5-7-8-9-10-11-12-13-14-15-16-17-19-22-32-24-26(35-27(29)20-18-6-4-2)25-34-36(30,31)33-23-21-28/h5,7,9-10,12-13,15-16,26H,3-4,6,8,11,14,17-25,28H2,1-2H3,(H,30,31)/b7-5-,10-9-,13-12-,16-15-. The Morgan fingerprint density at radius 1 is 0.861 bits per heavy atom. The van der Waals surface area contributed by atoms with Crippen molar-refractivity contribution in [2.75, 3.05) is 33.0 Å². The molecule has 0 bridgehead atoms. The van der Waals surface area contributed by atoms with Gasteiger partial charge in [0.15, 0.2) is 0 Å². The highest BCUT2D eigenvalue weighted by molar-refractivity contribution is 7.47. The SMILES string of the molecule is CC/C=C\C/C=C\C/C=C\C/C=C\CCCOCC(COP(=O)(O)OCCN)OC(=O)CCCCC. The number of phosphoric ester groups is 1. The van der Waals surface area contributed by atoms with Gasteiger partial charge in [0.05, 0.1) is 19.8 Å². The van der Waals surface area contributed by atoms with Crippen molar-refractivity contribution < 1.29 is 32.8 Å². The first-order valence-electron chi connectivity index (χ1n) is 13.1. The van der Waals surface area contributed by atoms with Crippen LogP contribution in [0.25, 0.3) is 0 Å². The quantitative estimate of drug-likeness (QED) is 0.0659. The lowest BCUT2D eigenvalue weighted by Crippen LogP contribution is -2.28. The minimum atomic E-state index is -4.26. The van der Waals surface area contributed by atoms with E-state index in [0.29, 0.717) is 6.61 Å². The molecule has 0 fully saturated rings. The van der Waals surface area contributed by atoms with Crippen LogP contribution in [-0.2, 0) is 27.9 Å². The zero-order chi connectivity index (χ0) is 26.7. The Morgan fingerprint density at radius 2 is 1.50 bits per heavy atom. The molecule has 0 aliphatic rings. The van der Waals surface area contributed by atoms with Crippen LogP contribution in [0.4, 0.5) is 0 Å². The predicted molar refractivity (Wildman–Crippen MR) is 146 cm³/mol. The Labute approximate surface area is 218 Å². The molecule has 3 N–H and O–H groups in total. The van der Waals surface area contributed by atoms with Gasteiger partial charge in [0.1, 0.15) is 6.10 Å². The average molecular weight is 530 g/mol. The minimum absolute atomic E-state index is 0.0740. The molecule has 0 rings (SSSR count). The van der Waals surface area contributed by atoms with Crippen LogP contribution in [0.3, 0.4) is 0 Å². The molecule has 36 heavy (non-hydrogen) atoms. The van der Waals surface area contributed by atoms with Crippen molar-refractivity contribution in [1.29, 1.82) is 0 Å². The zero-order valence-corrected chi connectivity index (χ0v) is 23.1. The summed E-state index contributed by atoms with van der Waals surface area (Å²) < 4.78 is 32.5. The molecule has 8 nitrogen and oxygen atoms in total. The Bertz CT molecular complexity index is 692. The van der Waals surface area contributed by atoms with Gasteiger partial charge in [0.25, 0.3) is 0 Å². The third-order valence-electron chi connectivity index (χ3n) is 4.76. The number of nitrogens with two attached hydrogens (primary N) is 1. The summed E-state index contributed by atoms with van der Waals surface area (Å²) in [5.74, 6) is -0.379. The molecule has 208 valence electrons. The van der Waals surface area contributed by atoms with Crippen LogP contribution in [-0.4, -0.2) is 49.9 Å². The van der Waals surface area contributed by atoms with Gasteiger partial charge in [-0.1, -0.05) is 75.3 Å². The lowest BCUT2D eigenvalue weighted by molar-refractivity contribution is -0.154. The van der Waals surface area contributed by atoms with Gasteiger partial charge >= 0.3 is 13.8 Å². The number of unbranched alkanes of at least 4 members (excludes halogenated alkanes) is 3. The maximum atomic E-state index is 12.1. The molecule has 0 spiro atoms. The number of ether oxygens (including phenoxy) is 2. The largest absolute Gasteiger partial charge is 0.472 e. The molecule has 0 aromatic carbocycles. The summed E-state index contributed by atoms with van der Waals surface area (Å²) in [7, 11) is -4.26. The third kappa shape index (κ3) is 24.2. The van der Waals surface area contributed by atoms with E-state index in [1.165, 1.54) is 0 Å². The van der Waals surface area contributed by atoms with E-state index in [2.05, 4.69) is 62.5 Å². The summed E-state index contributed by atoms with van der Waals surface area (Å²) in [6, 6.07) is 0. The summed E-state index contributed by atoms with van der Waals surface area (Å²) in [6.45, 7) is 4.41. The third-order valence-corrected chi connectivity index (χ3v) is 5.74. The highest BCUT2D eigenvalue weighted by atomic mass is 31.2. The molecule has 0 heterocycles. The van der Waals surface area contributed by atoms with Gasteiger partial charge in [-0.3, -0.25) is 13.8 Å². The normalized spacial score (nSPS) is 14.9. The van der Waals surface area contributed by atoms with Crippen molar-refractivity contribution in [3.05, 3.63) is 48.6 Å². The van der Waals surface area contributed by atoms with Gasteiger partial charge in [-0.05, 0) is 44.9 Å². The maximum absolute atomic E-state index is 12.1. The summed E-state index contributed by atoms with van der Waals surface area (Å²) in [6.07, 6.45) is 25.0. The molecular weight excluding hydrogens is 481 g/mol. The Kier molecular flexibility index (Phi) is 24.0. The number of rotatable bonds is 24. The number of hydrogen-bond donors (Lipinski definition) is 2. The first-order valence-corrected chi connectivity index (χ1v) is 14.6. The fourth-order valence-corrected chi connectivity index (χ4v) is 3.64. The molecule has 0 aliphatic heterocycles. The second kappa shape index (κ2) is 25.1. The van der Waals surface area contributed by atoms with E-state index >= 15 is 0 Å². The van der Waals surface area contributed by atoms with Crippen LogP contribution in [0.15, 0.2) is 48.6 Å². The second-order valence-corrected chi connectivity index (χ2v) is 9.63. The predicted octanol–water partition coefficient (Wildman–Crippen LogP) is 6.17. The Hall–Kier alpha value is -1.54. The summed E-state index contributed by atoms with van der Waals surface area (Å²) in [5.41, 5.74) is 5.28. The maximum Gasteiger partial charge on any atom is 0.472 e. The number of carbonyl (C=O) groups excluding carboxylic acids is 1. The number of hydrogen-bond acceptors (Lipinski definition) is 7. The van der Waals surface area contributed by atoms with Crippen molar-refractivity contribution in [3.8, 4) is 0 Å². The highest BCUT2D eigenvalue weighted by Crippen LogP contribution is 2.43. The fraction of sp³-hybridized carbons (Fsp3) is 0.667. The molecule has 0 aromatic rings. The van der Waals surface area contributed by atoms with E-state index in [-0.39, 0.29) is 38.8 Å². The van der Waals surface area contributed by atoms with Crippen LogP contribution in [0.5, 0.6) is 0 Å². The van der Waals surface area contributed by atoms with Crippen LogP contribution >= 0.6 is 7.82 Å². The molecule has 0 saturated carbocycles. The van der Waals surface area contributed by atoms with Crippen LogP contribution < -0.4 is 5.73 Å². The van der Waals surface area contributed by atoms with Gasteiger partial charge in [-0.15, -0.1) is 0 Å². The summed E-state index contributed by atoms with van der Waals surface area (Å²) >= 11 is 0. The van der Waals surface area contributed by atoms with Crippen molar-refractivity contribution in [1.82, 2.24) is 0 Å². The fourth-order valence-electron chi connectivity index (χ4n) is 2.88. The van der Waals surface area contributed by atoms with Gasteiger partial charge < -0.3 is 20.1 Å². The molecule has 9 heteroatoms. The van der Waals surface area contributed by atoms with E-state index in [1.54, 1.807) is 0 Å². The molecule has 2 atom stereocenters. The molecular formula is C27H48NO7P. The number of allylic oxidation sites excluding steroid dienone is 8. The summed E-state index contributed by atoms with van der Waals surface area (Å²) in [4.78, 5) is 21.7. The smallest absolute Gasteiger partial charge is 0.457 e. The second-order valence-electron chi connectivity index (χ2n) is 8.17. The van der Waals surface area contributed by atoms with Gasteiger partial charge in [-0.25, -0.2) is 4.57 Å². The number of carbonyl (C=O) groups is 1. The zero-order valence-electron chi connectivity index (χ0n) is 22.2. The lowest BCUT2D eigenvalue weighted by atomic mass is 10.2. The van der Waals surface area contributed by atoms with Gasteiger partial charge in [0.2, 0.25) is 0 Å². The van der Waals surface area contributed by atoms with E-state index in [9.17, 15) is 14.3 Å². The van der Waals surface area contributed by atoms with E-state index in [1.807, 2.05) is 0 Å². The monoisotopic (exact) mass is 529 g/mol. The van der Waals surface area contributed by atoms with Crippen molar-refractivity contribution in [2.45, 2.75) is 84.2 Å². The average Bonchev–Trinajstić information content (AvgIpc) is 2.86. The minimum Gasteiger partial charge on any atom is -0.457 e. The van der Waals surface area contributed by atoms with Gasteiger partial charge in [0, 0.05) is 19.6 Å². The Morgan fingerprint density at radius 3 is 2.11 bits per heavy atom. The molecule has 2 unspecified atom stereocenters. The molecule has 0 saturated heterocycles. The number of phosphoric acid groups is 1.